The van der Waals surface area contributed by atoms with Crippen molar-refractivity contribution in [3.8, 4) is 0 Å². The summed E-state index contributed by atoms with van der Waals surface area (Å²) in [6.07, 6.45) is 8.16. The van der Waals surface area contributed by atoms with E-state index in [0.29, 0.717) is 0 Å². The molecule has 4 saturated carbocycles. The third-order valence-electron chi connectivity index (χ3n) is 14.2. The van der Waals surface area contributed by atoms with Crippen LogP contribution in [0.4, 0.5) is 0 Å². The van der Waals surface area contributed by atoms with Crippen molar-refractivity contribution in [2.24, 2.45) is 11.8 Å². The van der Waals surface area contributed by atoms with E-state index in [9.17, 15) is 0 Å². The summed E-state index contributed by atoms with van der Waals surface area (Å²) in [7, 11) is 0. The van der Waals surface area contributed by atoms with Gasteiger partial charge in [-0.2, -0.15) is 0 Å². The molecule has 0 N–H and O–H groups in total. The molecule has 4 fully saturated rings. The molecule has 6 aromatic carbocycles. The highest BCUT2D eigenvalue weighted by molar-refractivity contribution is 7.26. The van der Waals surface area contributed by atoms with E-state index in [1.54, 1.807) is 11.1 Å². The Balaban J connectivity index is 1.04. The van der Waals surface area contributed by atoms with Crippen LogP contribution in [0, 0.1) is 39.5 Å². The summed E-state index contributed by atoms with van der Waals surface area (Å²) in [5.74, 6) is 1.64. The Kier molecular flexibility index (Phi) is 7.10. The molecule has 0 nitrogen and oxygen atoms in total. The predicted octanol–water partition coefficient (Wildman–Crippen LogP) is 12.0. The molecule has 53 heavy (non-hydrogen) atoms. The van der Waals surface area contributed by atoms with Crippen LogP contribution in [0.5, 0.6) is 0 Å². The van der Waals surface area contributed by atoms with Crippen LogP contribution in [0.25, 0.3) is 40.3 Å². The fourth-order valence-corrected chi connectivity index (χ4v) is 14.5. The molecule has 0 radical (unpaired) electrons. The minimum absolute atomic E-state index is 0.195. The Labute approximate surface area is 322 Å². The van der Waals surface area contributed by atoms with Gasteiger partial charge in [-0.05, 0) is 142 Å². The van der Waals surface area contributed by atoms with Crippen LogP contribution in [-0.4, -0.2) is 6.71 Å². The lowest BCUT2D eigenvalue weighted by molar-refractivity contribution is -0.0280. The fraction of sp³-hybridized carbons (Fsp3) is 0.280. The van der Waals surface area contributed by atoms with Gasteiger partial charge in [0.05, 0.1) is 0 Å². The molecule has 0 saturated heterocycles. The van der Waals surface area contributed by atoms with Gasteiger partial charge >= 0.3 is 0 Å². The molecule has 3 heteroatoms. The lowest BCUT2D eigenvalue weighted by atomic mass is 9.34. The summed E-state index contributed by atoms with van der Waals surface area (Å²) in [6, 6.07) is 45.4. The Hall–Kier alpha value is -4.18. The minimum Gasteiger partial charge on any atom is -0.135 e. The van der Waals surface area contributed by atoms with Gasteiger partial charge in [0.15, 0.2) is 0 Å². The number of fused-ring (bicyclic) bond motifs is 6. The van der Waals surface area contributed by atoms with Crippen molar-refractivity contribution >= 4 is 86.1 Å². The normalized spacial score (nSPS) is 23.5. The lowest BCUT2D eigenvalue weighted by Crippen LogP contribution is -2.55. The Morgan fingerprint density at radius 1 is 0.472 bits per heavy atom. The van der Waals surface area contributed by atoms with Gasteiger partial charge in [-0.3, -0.25) is 0 Å². The van der Waals surface area contributed by atoms with Crippen LogP contribution in [0.2, 0.25) is 0 Å². The van der Waals surface area contributed by atoms with Gasteiger partial charge in [0, 0.05) is 35.0 Å². The van der Waals surface area contributed by atoms with E-state index in [4.69, 9.17) is 0 Å². The topological polar surface area (TPSA) is 0 Å². The van der Waals surface area contributed by atoms with Gasteiger partial charge in [0.25, 0.3) is 0 Å². The average Bonchev–Trinajstić information content (AvgIpc) is 3.71. The first-order valence-electron chi connectivity index (χ1n) is 19.8. The van der Waals surface area contributed by atoms with E-state index in [1.807, 2.05) is 22.7 Å². The molecule has 4 bridgehead atoms. The first kappa shape index (κ1) is 32.3. The van der Waals surface area contributed by atoms with Crippen molar-refractivity contribution < 1.29 is 0 Å². The molecule has 8 aromatic rings. The van der Waals surface area contributed by atoms with Gasteiger partial charge in [0.2, 0.25) is 6.71 Å². The second-order valence-electron chi connectivity index (χ2n) is 17.4. The summed E-state index contributed by atoms with van der Waals surface area (Å²) in [4.78, 5) is 0. The van der Waals surface area contributed by atoms with Crippen LogP contribution in [0.1, 0.15) is 71.9 Å². The number of rotatable bonds is 5. The van der Waals surface area contributed by atoms with Gasteiger partial charge in [-0.15, -0.1) is 22.7 Å². The molecule has 0 spiro atoms. The SMILES string of the molecule is Cc1cccc(C)c1B(c1ccc2sc3ccc(C45CC6CC(CC(c7ccc8sc9ccccc9c8c7)(C6)C4)C5)cc3c2c1)c1c(C)cccc1C. The molecule has 4 aliphatic rings. The molecule has 2 aromatic heterocycles. The number of hydrogen-bond acceptors (Lipinski definition) is 2. The van der Waals surface area contributed by atoms with Crippen LogP contribution >= 0.6 is 22.7 Å². The minimum atomic E-state index is 0.195. The van der Waals surface area contributed by atoms with Gasteiger partial charge < -0.3 is 0 Å². The van der Waals surface area contributed by atoms with E-state index in [-0.39, 0.29) is 17.5 Å². The van der Waals surface area contributed by atoms with Crippen molar-refractivity contribution in [3.63, 3.8) is 0 Å². The van der Waals surface area contributed by atoms with E-state index in [1.165, 1.54) is 118 Å². The van der Waals surface area contributed by atoms with Crippen molar-refractivity contribution in [2.45, 2.75) is 77.0 Å². The molecule has 0 aliphatic heterocycles. The summed E-state index contributed by atoms with van der Waals surface area (Å²) in [5.41, 5.74) is 13.6. The summed E-state index contributed by atoms with van der Waals surface area (Å²) in [5, 5.41) is 5.79. The predicted molar refractivity (Wildman–Crippen MR) is 233 cm³/mol. The van der Waals surface area contributed by atoms with Crippen molar-refractivity contribution in [2.75, 3.05) is 0 Å². The number of hydrogen-bond donors (Lipinski definition) is 0. The lowest BCUT2D eigenvalue weighted by Gasteiger charge is -2.63. The molecule has 4 aliphatic carbocycles. The standard InChI is InChI=1S/C50H45BS2/c1-30-9-7-10-31(2)47(30)51(48-32(3)11-8-12-33(48)4)38-17-20-46-42(24-38)41-23-37(16-19-45(41)53-46)50-27-34-21-35(28-50)26-49(25-34,29-50)36-15-18-44-40(22-36)39-13-5-6-14-43(39)52-44/h5-20,22-24,34-35H,21,25-29H2,1-4H3. The van der Waals surface area contributed by atoms with Crippen molar-refractivity contribution in [1.29, 1.82) is 0 Å². The number of benzene rings is 6. The average molecular weight is 721 g/mol. The van der Waals surface area contributed by atoms with Crippen LogP contribution in [0.15, 0.2) is 115 Å². The highest BCUT2D eigenvalue weighted by atomic mass is 32.1. The second-order valence-corrected chi connectivity index (χ2v) is 19.6. The molecule has 2 heterocycles. The summed E-state index contributed by atoms with van der Waals surface area (Å²) >= 11 is 3.92. The number of aryl methyl sites for hydroxylation is 4. The quantitative estimate of drug-likeness (QED) is 0.155. The largest absolute Gasteiger partial charge is 0.242 e. The van der Waals surface area contributed by atoms with E-state index < -0.39 is 0 Å². The van der Waals surface area contributed by atoms with Gasteiger partial charge in [0.1, 0.15) is 0 Å². The Bertz CT molecular complexity index is 2670. The first-order valence-corrected chi connectivity index (χ1v) is 21.4. The molecule has 12 rings (SSSR count). The highest BCUT2D eigenvalue weighted by Crippen LogP contribution is 2.66. The molecular formula is C50H45BS2. The fourth-order valence-electron chi connectivity index (χ4n) is 12.3. The monoisotopic (exact) mass is 720 g/mol. The van der Waals surface area contributed by atoms with Crippen LogP contribution in [-0.2, 0) is 10.8 Å². The molecule has 2 atom stereocenters. The van der Waals surface area contributed by atoms with Crippen molar-refractivity contribution in [1.82, 2.24) is 0 Å². The maximum Gasteiger partial charge on any atom is 0.242 e. The molecule has 260 valence electrons. The maximum atomic E-state index is 2.67. The third-order valence-corrected chi connectivity index (χ3v) is 16.5. The smallest absolute Gasteiger partial charge is 0.135 e. The molecule has 2 unspecified atom stereocenters. The van der Waals surface area contributed by atoms with E-state index in [0.717, 1.165) is 11.8 Å². The van der Waals surface area contributed by atoms with Crippen molar-refractivity contribution in [3.05, 3.63) is 149 Å². The van der Waals surface area contributed by atoms with Crippen LogP contribution in [0.3, 0.4) is 0 Å². The third kappa shape index (κ3) is 4.86. The summed E-state index contributed by atoms with van der Waals surface area (Å²) in [6.45, 7) is 9.39. The number of thiophene rings is 2. The zero-order valence-corrected chi connectivity index (χ0v) is 32.9. The zero-order valence-electron chi connectivity index (χ0n) is 31.3. The van der Waals surface area contributed by atoms with Crippen LogP contribution < -0.4 is 16.4 Å². The highest BCUT2D eigenvalue weighted by Gasteiger charge is 2.58. The Morgan fingerprint density at radius 3 is 1.47 bits per heavy atom. The van der Waals surface area contributed by atoms with Gasteiger partial charge in [-0.25, -0.2) is 0 Å². The second kappa shape index (κ2) is 11.7. The van der Waals surface area contributed by atoms with E-state index in [2.05, 4.69) is 143 Å². The Morgan fingerprint density at radius 2 is 0.925 bits per heavy atom. The summed E-state index contributed by atoms with van der Waals surface area (Å²) < 4.78 is 5.67. The zero-order chi connectivity index (χ0) is 35.6. The van der Waals surface area contributed by atoms with E-state index >= 15 is 0 Å². The van der Waals surface area contributed by atoms with Gasteiger partial charge in [-0.1, -0.05) is 118 Å². The molecular weight excluding hydrogens is 675 g/mol. The maximum absolute atomic E-state index is 2.67. The first-order chi connectivity index (χ1) is 25.8. The molecule has 0 amide bonds.